The number of rotatable bonds is 2. The van der Waals surface area contributed by atoms with Gasteiger partial charge < -0.3 is 10.2 Å². The van der Waals surface area contributed by atoms with Crippen LogP contribution in [0.25, 0.3) is 0 Å². The largest absolute Gasteiger partial charge is 0.356 e. The van der Waals surface area contributed by atoms with E-state index in [1.54, 1.807) is 0 Å². The van der Waals surface area contributed by atoms with Crippen molar-refractivity contribution in [2.75, 3.05) is 32.7 Å². The second-order valence-electron chi connectivity index (χ2n) is 10.4. The minimum absolute atomic E-state index is 0.232. The molecule has 1 fully saturated rings. The van der Waals surface area contributed by atoms with E-state index in [1.807, 2.05) is 0 Å². The van der Waals surface area contributed by atoms with Crippen LogP contribution in [0.5, 0.6) is 0 Å². The average molecular weight is 468 g/mol. The molecule has 1 atom stereocenters. The second kappa shape index (κ2) is 16.9. The number of hydrogen-bond acceptors (Lipinski definition) is 3. The van der Waals surface area contributed by atoms with E-state index in [0.29, 0.717) is 6.42 Å². The van der Waals surface area contributed by atoms with Crippen molar-refractivity contribution in [3.63, 3.8) is 0 Å². The standard InChI is InChI=1S/C30H49N3O/c34-30-21-11-6-4-2-1-3-5-10-19-29-20-12-13-25-33(29)26-15-14-23-32(24-16-22-31-30)27-28-17-8-7-9-18-28/h5,7-10,17-18,29H,1-4,6,11-16,19-27H2,(H,31,34)/b10-5-/t29-/m1/s1. The van der Waals surface area contributed by atoms with Gasteiger partial charge in [0.2, 0.25) is 5.91 Å². The molecule has 2 aliphatic heterocycles. The maximum absolute atomic E-state index is 12.2. The summed E-state index contributed by atoms with van der Waals surface area (Å²) in [5.41, 5.74) is 1.39. The maximum atomic E-state index is 12.2. The first-order valence-corrected chi connectivity index (χ1v) is 14.2. The fourth-order valence-electron chi connectivity index (χ4n) is 5.45. The number of nitrogens with one attached hydrogen (secondary N) is 1. The first-order valence-electron chi connectivity index (χ1n) is 14.2. The Labute approximate surface area is 209 Å². The molecule has 2 aliphatic rings. The third-order valence-corrected chi connectivity index (χ3v) is 7.49. The summed E-state index contributed by atoms with van der Waals surface area (Å²) in [6.07, 6.45) is 21.7. The minimum Gasteiger partial charge on any atom is -0.356 e. The molecule has 34 heavy (non-hydrogen) atoms. The van der Waals surface area contributed by atoms with E-state index in [2.05, 4.69) is 57.6 Å². The fourth-order valence-corrected chi connectivity index (χ4v) is 5.45. The molecule has 0 aliphatic carbocycles. The number of nitrogens with zero attached hydrogens (tertiary/aromatic N) is 2. The zero-order valence-corrected chi connectivity index (χ0v) is 21.6. The molecular weight excluding hydrogens is 418 g/mol. The molecule has 3 rings (SSSR count). The fraction of sp³-hybridized carbons (Fsp3) is 0.700. The van der Waals surface area contributed by atoms with Crippen LogP contribution in [0.1, 0.15) is 95.5 Å². The Kier molecular flexibility index (Phi) is 13.4. The molecule has 1 aromatic carbocycles. The van der Waals surface area contributed by atoms with Gasteiger partial charge in [-0.2, -0.15) is 0 Å². The molecule has 0 spiro atoms. The summed E-state index contributed by atoms with van der Waals surface area (Å²) >= 11 is 0. The van der Waals surface area contributed by atoms with Crippen LogP contribution in [0.15, 0.2) is 42.5 Å². The molecule has 190 valence electrons. The van der Waals surface area contributed by atoms with Gasteiger partial charge in [-0.25, -0.2) is 0 Å². The Morgan fingerprint density at radius 2 is 1.50 bits per heavy atom. The van der Waals surface area contributed by atoms with Crippen LogP contribution in [0.4, 0.5) is 0 Å². The predicted octanol–water partition coefficient (Wildman–Crippen LogP) is 6.32. The van der Waals surface area contributed by atoms with Crippen LogP contribution < -0.4 is 5.32 Å². The highest BCUT2D eigenvalue weighted by atomic mass is 16.1. The van der Waals surface area contributed by atoms with Crippen molar-refractivity contribution in [3.05, 3.63) is 48.0 Å². The Hall–Kier alpha value is -1.65. The van der Waals surface area contributed by atoms with Crippen LogP contribution >= 0.6 is 0 Å². The first-order chi connectivity index (χ1) is 16.8. The second-order valence-corrected chi connectivity index (χ2v) is 10.4. The number of carbonyl (C=O) groups is 1. The van der Waals surface area contributed by atoms with Gasteiger partial charge in [-0.15, -0.1) is 0 Å². The van der Waals surface area contributed by atoms with Gasteiger partial charge in [-0.05, 0) is 83.0 Å². The van der Waals surface area contributed by atoms with Crippen molar-refractivity contribution >= 4 is 5.91 Å². The van der Waals surface area contributed by atoms with Crippen molar-refractivity contribution < 1.29 is 4.79 Å². The third kappa shape index (κ3) is 11.2. The molecule has 4 heteroatoms. The van der Waals surface area contributed by atoms with Crippen molar-refractivity contribution in [1.29, 1.82) is 0 Å². The Morgan fingerprint density at radius 3 is 2.38 bits per heavy atom. The normalized spacial score (nSPS) is 25.3. The van der Waals surface area contributed by atoms with Crippen LogP contribution in [-0.2, 0) is 11.3 Å². The topological polar surface area (TPSA) is 35.6 Å². The SMILES string of the molecule is O=C1CCCCCCC/C=C\C[C@@H]2CCCCN2CCCCN(Cc2ccccc2)CCCN1. The molecule has 2 heterocycles. The number of piperidine rings is 1. The Balaban J connectivity index is 1.52. The number of hydrogen-bond donors (Lipinski definition) is 1. The molecule has 0 unspecified atom stereocenters. The smallest absolute Gasteiger partial charge is 0.219 e. The Bertz CT molecular complexity index is 690. The highest BCUT2D eigenvalue weighted by Gasteiger charge is 2.20. The predicted molar refractivity (Wildman–Crippen MR) is 144 cm³/mol. The van der Waals surface area contributed by atoms with E-state index < -0.39 is 0 Å². The molecule has 1 amide bonds. The van der Waals surface area contributed by atoms with Crippen molar-refractivity contribution in [2.24, 2.45) is 0 Å². The summed E-state index contributed by atoms with van der Waals surface area (Å²) in [5, 5.41) is 3.15. The van der Waals surface area contributed by atoms with Gasteiger partial charge in [0, 0.05) is 32.1 Å². The summed E-state index contributed by atoms with van der Waals surface area (Å²) in [4.78, 5) is 17.5. The summed E-state index contributed by atoms with van der Waals surface area (Å²) in [6.45, 7) is 6.52. The van der Waals surface area contributed by atoms with E-state index in [0.717, 1.165) is 45.1 Å². The summed E-state index contributed by atoms with van der Waals surface area (Å²) in [6, 6.07) is 11.6. The van der Waals surface area contributed by atoms with E-state index in [9.17, 15) is 4.79 Å². The molecule has 0 saturated carbocycles. The molecule has 0 bridgehead atoms. The Morgan fingerprint density at radius 1 is 0.765 bits per heavy atom. The van der Waals surface area contributed by atoms with Gasteiger partial charge in [-0.1, -0.05) is 68.2 Å². The van der Waals surface area contributed by atoms with Crippen LogP contribution in [0.2, 0.25) is 0 Å². The minimum atomic E-state index is 0.232. The zero-order valence-electron chi connectivity index (χ0n) is 21.6. The molecule has 0 aromatic heterocycles. The van der Waals surface area contributed by atoms with E-state index in [1.165, 1.54) is 89.3 Å². The lowest BCUT2D eigenvalue weighted by atomic mass is 9.98. The number of amides is 1. The van der Waals surface area contributed by atoms with Crippen LogP contribution in [0.3, 0.4) is 0 Å². The lowest BCUT2D eigenvalue weighted by Crippen LogP contribution is -2.40. The number of fused-ring (bicyclic) bond motifs is 1. The highest BCUT2D eigenvalue weighted by molar-refractivity contribution is 5.75. The molecular formula is C30H49N3O. The number of benzene rings is 1. The van der Waals surface area contributed by atoms with Gasteiger partial charge in [0.1, 0.15) is 0 Å². The maximum Gasteiger partial charge on any atom is 0.219 e. The summed E-state index contributed by atoms with van der Waals surface area (Å²) in [5.74, 6) is 0.232. The zero-order chi connectivity index (χ0) is 23.7. The molecule has 1 aromatic rings. The van der Waals surface area contributed by atoms with Gasteiger partial charge in [0.05, 0.1) is 0 Å². The van der Waals surface area contributed by atoms with Crippen molar-refractivity contribution in [1.82, 2.24) is 15.1 Å². The molecule has 4 nitrogen and oxygen atoms in total. The van der Waals surface area contributed by atoms with Gasteiger partial charge in [-0.3, -0.25) is 9.69 Å². The molecule has 0 radical (unpaired) electrons. The number of carbonyl (C=O) groups excluding carboxylic acids is 1. The average Bonchev–Trinajstić information content (AvgIpc) is 2.86. The first kappa shape index (κ1) is 26.9. The van der Waals surface area contributed by atoms with E-state index in [4.69, 9.17) is 0 Å². The van der Waals surface area contributed by atoms with Crippen LogP contribution in [-0.4, -0.2) is 54.5 Å². The highest BCUT2D eigenvalue weighted by Crippen LogP contribution is 2.21. The number of allylic oxidation sites excluding steroid dienone is 1. The van der Waals surface area contributed by atoms with E-state index in [-0.39, 0.29) is 5.91 Å². The molecule has 1 N–H and O–H groups in total. The van der Waals surface area contributed by atoms with Crippen LogP contribution in [0, 0.1) is 0 Å². The quantitative estimate of drug-likeness (QED) is 0.517. The molecule has 1 saturated heterocycles. The van der Waals surface area contributed by atoms with Crippen molar-refractivity contribution in [3.8, 4) is 0 Å². The monoisotopic (exact) mass is 467 g/mol. The van der Waals surface area contributed by atoms with Gasteiger partial charge >= 0.3 is 0 Å². The third-order valence-electron chi connectivity index (χ3n) is 7.49. The summed E-state index contributed by atoms with van der Waals surface area (Å²) < 4.78 is 0. The van der Waals surface area contributed by atoms with E-state index >= 15 is 0 Å². The van der Waals surface area contributed by atoms with Gasteiger partial charge in [0.25, 0.3) is 0 Å². The summed E-state index contributed by atoms with van der Waals surface area (Å²) in [7, 11) is 0. The lowest BCUT2D eigenvalue weighted by molar-refractivity contribution is -0.121. The van der Waals surface area contributed by atoms with Gasteiger partial charge in [0.15, 0.2) is 0 Å². The van der Waals surface area contributed by atoms with Crippen molar-refractivity contribution in [2.45, 2.75) is 102 Å². The lowest BCUT2D eigenvalue weighted by Gasteiger charge is -2.35.